The number of nitrogen functional groups attached to an aromatic ring is 1. The van der Waals surface area contributed by atoms with E-state index in [0.717, 1.165) is 4.90 Å². The van der Waals surface area contributed by atoms with Crippen molar-refractivity contribution in [2.24, 2.45) is 5.73 Å². The number of anilines is 2. The fourth-order valence-electron chi connectivity index (χ4n) is 5.58. The minimum Gasteiger partial charge on any atom is -0.465 e. The number of alkyl halides is 1. The second-order valence-corrected chi connectivity index (χ2v) is 10.5. The number of esters is 1. The predicted octanol–water partition coefficient (Wildman–Crippen LogP) is 2.76. The van der Waals surface area contributed by atoms with Gasteiger partial charge in [0.2, 0.25) is 11.8 Å². The molecule has 0 bridgehead atoms. The Bertz CT molecular complexity index is 2020. The number of amides is 3. The first-order valence-electron chi connectivity index (χ1n) is 13.7. The number of likely N-dealkylation sites (tertiary alicyclic amines) is 1. The summed E-state index contributed by atoms with van der Waals surface area (Å²) in [6.45, 7) is -0.748. The van der Waals surface area contributed by atoms with Gasteiger partial charge >= 0.3 is 5.97 Å². The molecule has 2 aromatic heterocycles. The number of halogens is 2. The van der Waals surface area contributed by atoms with Crippen molar-refractivity contribution in [2.75, 3.05) is 24.7 Å². The normalized spacial score (nSPS) is 16.3. The zero-order chi connectivity index (χ0) is 32.0. The van der Waals surface area contributed by atoms with Gasteiger partial charge in [0, 0.05) is 17.4 Å². The number of benzene rings is 3. The van der Waals surface area contributed by atoms with E-state index in [2.05, 4.69) is 20.4 Å². The Morgan fingerprint density at radius 3 is 2.67 bits per heavy atom. The monoisotopic (exact) mass is 616 g/mol. The number of carbonyl (C=O) groups excluding carboxylic acids is 4. The van der Waals surface area contributed by atoms with Crippen molar-refractivity contribution in [1.82, 2.24) is 24.6 Å². The summed E-state index contributed by atoms with van der Waals surface area (Å²) in [6, 6.07) is 12.6. The maximum atomic E-state index is 15.9. The van der Waals surface area contributed by atoms with Crippen LogP contribution < -0.4 is 16.8 Å². The maximum absolute atomic E-state index is 15.9. The highest BCUT2D eigenvalue weighted by molar-refractivity contribution is 6.05. The van der Waals surface area contributed by atoms with Gasteiger partial charge in [-0.25, -0.2) is 18.6 Å². The average Bonchev–Trinajstić information content (AvgIpc) is 3.71. The van der Waals surface area contributed by atoms with E-state index >= 15 is 4.39 Å². The van der Waals surface area contributed by atoms with Gasteiger partial charge in [-0.3, -0.25) is 19.1 Å². The van der Waals surface area contributed by atoms with Crippen LogP contribution in [-0.2, 0) is 20.9 Å². The number of nitrogens with two attached hydrogens (primary N) is 2. The smallest absolute Gasteiger partial charge is 0.340 e. The topological polar surface area (TPSA) is 191 Å². The van der Waals surface area contributed by atoms with Gasteiger partial charge in [0.25, 0.3) is 5.91 Å². The number of aromatic amines is 1. The van der Waals surface area contributed by atoms with Crippen LogP contribution in [0.5, 0.6) is 0 Å². The van der Waals surface area contributed by atoms with E-state index in [9.17, 15) is 23.6 Å². The number of nitrogens with zero attached hydrogens (tertiary/aromatic N) is 4. The number of nitrogens with one attached hydrogen (secondary N) is 2. The quantitative estimate of drug-likeness (QED) is 0.201. The second-order valence-electron chi connectivity index (χ2n) is 10.5. The number of H-pyrrole nitrogens is 1. The molecule has 0 unspecified atom stereocenters. The molecule has 13 nitrogen and oxygen atoms in total. The van der Waals surface area contributed by atoms with Crippen molar-refractivity contribution in [3.8, 4) is 11.1 Å². The number of ether oxygens (including phenoxy) is 1. The molecule has 3 amide bonds. The van der Waals surface area contributed by atoms with Crippen molar-refractivity contribution in [2.45, 2.75) is 25.2 Å². The van der Waals surface area contributed by atoms with E-state index in [1.54, 1.807) is 30.3 Å². The number of para-hydroxylation sites is 1. The average molecular weight is 617 g/mol. The standard InChI is InChI=1S/C30H26F2N8O5/c1-45-29(44)18-9-14(10-20-25(18)37-30(34)36-20)16-6-4-7-19(24(16)32)35-28(43)22-11-15(31)12-39(22)23(41)13-40-21-8-3-2-5-17(21)26(38-40)27(33)42/h2-10,15,22H,11-13H2,1H3,(H2,33,42)(H,35,43)(H3,34,36,37)/t15-,22+/m1/s1. The zero-order valence-electron chi connectivity index (χ0n) is 23.7. The minimum absolute atomic E-state index is 0.0262. The van der Waals surface area contributed by atoms with Gasteiger partial charge in [0.15, 0.2) is 17.5 Å². The summed E-state index contributed by atoms with van der Waals surface area (Å²) in [4.78, 5) is 59.0. The van der Waals surface area contributed by atoms with Gasteiger partial charge in [0.05, 0.1) is 35.9 Å². The lowest BCUT2D eigenvalue weighted by Gasteiger charge is -2.24. The van der Waals surface area contributed by atoms with Gasteiger partial charge in [-0.15, -0.1) is 0 Å². The first-order chi connectivity index (χ1) is 21.5. The van der Waals surface area contributed by atoms with Crippen molar-refractivity contribution in [3.05, 3.63) is 71.7 Å². The fourth-order valence-corrected chi connectivity index (χ4v) is 5.58. The SMILES string of the molecule is COC(=O)c1cc(-c2cccc(NC(=O)[C@@H]3C[C@@H](F)CN3C(=O)Cn3nc(C(N)=O)c4ccccc43)c2F)cc2[nH]c(N)nc12. The summed E-state index contributed by atoms with van der Waals surface area (Å²) in [6.07, 6.45) is -1.80. The molecule has 1 aliphatic rings. The molecule has 230 valence electrons. The molecule has 15 heteroatoms. The Kier molecular flexibility index (Phi) is 7.36. The van der Waals surface area contributed by atoms with Crippen LogP contribution in [0, 0.1) is 5.82 Å². The van der Waals surface area contributed by atoms with Crippen LogP contribution in [0.1, 0.15) is 27.3 Å². The number of fused-ring (bicyclic) bond motifs is 2. The molecule has 6 rings (SSSR count). The Labute approximate surface area is 253 Å². The number of aromatic nitrogens is 4. The summed E-state index contributed by atoms with van der Waals surface area (Å²) in [5.41, 5.74) is 12.4. The highest BCUT2D eigenvalue weighted by Crippen LogP contribution is 2.33. The molecule has 3 heterocycles. The van der Waals surface area contributed by atoms with E-state index in [-0.39, 0.29) is 52.5 Å². The van der Waals surface area contributed by atoms with Gasteiger partial charge in [-0.05, 0) is 29.8 Å². The Morgan fingerprint density at radius 1 is 1.13 bits per heavy atom. The summed E-state index contributed by atoms with van der Waals surface area (Å²) < 4.78 is 36.6. The number of methoxy groups -OCH3 is 1. The molecule has 1 aliphatic heterocycles. The number of rotatable bonds is 7. The lowest BCUT2D eigenvalue weighted by Crippen LogP contribution is -2.44. The van der Waals surface area contributed by atoms with Crippen molar-refractivity contribution < 1.29 is 32.7 Å². The summed E-state index contributed by atoms with van der Waals surface area (Å²) in [5.74, 6) is -3.70. The highest BCUT2D eigenvalue weighted by Gasteiger charge is 2.40. The minimum atomic E-state index is -1.50. The molecule has 0 aliphatic carbocycles. The molecule has 3 aromatic carbocycles. The number of carbonyl (C=O) groups is 4. The van der Waals surface area contributed by atoms with Crippen LogP contribution in [0.15, 0.2) is 54.6 Å². The van der Waals surface area contributed by atoms with E-state index < -0.39 is 48.3 Å². The lowest BCUT2D eigenvalue weighted by atomic mass is 10.00. The molecule has 0 spiro atoms. The van der Waals surface area contributed by atoms with Crippen LogP contribution in [-0.4, -0.2) is 74.2 Å². The van der Waals surface area contributed by atoms with Crippen molar-refractivity contribution >= 4 is 57.3 Å². The predicted molar refractivity (Wildman–Crippen MR) is 159 cm³/mol. The molecular formula is C30H26F2N8O5. The summed E-state index contributed by atoms with van der Waals surface area (Å²) >= 11 is 0. The fraction of sp³-hybridized carbons (Fsp3) is 0.200. The molecular weight excluding hydrogens is 590 g/mol. The Morgan fingerprint density at radius 2 is 1.91 bits per heavy atom. The highest BCUT2D eigenvalue weighted by atomic mass is 19.1. The summed E-state index contributed by atoms with van der Waals surface area (Å²) in [7, 11) is 1.20. The van der Waals surface area contributed by atoms with Gasteiger partial charge in [0.1, 0.15) is 24.3 Å². The first-order valence-corrected chi connectivity index (χ1v) is 13.7. The summed E-state index contributed by atoms with van der Waals surface area (Å²) in [5, 5.41) is 7.08. The zero-order valence-corrected chi connectivity index (χ0v) is 23.7. The number of hydrogen-bond donors (Lipinski definition) is 4. The van der Waals surface area contributed by atoms with Crippen LogP contribution in [0.3, 0.4) is 0 Å². The Balaban J connectivity index is 1.26. The molecule has 45 heavy (non-hydrogen) atoms. The van der Waals surface area contributed by atoms with Crippen LogP contribution in [0.4, 0.5) is 20.4 Å². The second kappa shape index (κ2) is 11.3. The number of primary amides is 1. The maximum Gasteiger partial charge on any atom is 0.340 e. The van der Waals surface area contributed by atoms with Gasteiger partial charge in [-0.2, -0.15) is 5.10 Å². The third kappa shape index (κ3) is 5.28. The largest absolute Gasteiger partial charge is 0.465 e. The molecule has 2 atom stereocenters. The van der Waals surface area contributed by atoms with E-state index in [1.165, 1.54) is 36.1 Å². The molecule has 1 fully saturated rings. The molecule has 0 saturated carbocycles. The van der Waals surface area contributed by atoms with Crippen molar-refractivity contribution in [3.63, 3.8) is 0 Å². The third-order valence-electron chi connectivity index (χ3n) is 7.63. The van der Waals surface area contributed by atoms with E-state index in [4.69, 9.17) is 16.2 Å². The van der Waals surface area contributed by atoms with Gasteiger partial charge < -0.3 is 31.4 Å². The molecule has 6 N–H and O–H groups in total. The molecule has 1 saturated heterocycles. The van der Waals surface area contributed by atoms with Crippen molar-refractivity contribution in [1.29, 1.82) is 0 Å². The molecule has 0 radical (unpaired) electrons. The third-order valence-corrected chi connectivity index (χ3v) is 7.63. The van der Waals surface area contributed by atoms with E-state index in [0.29, 0.717) is 16.4 Å². The lowest BCUT2D eigenvalue weighted by molar-refractivity contribution is -0.137. The van der Waals surface area contributed by atoms with Crippen LogP contribution in [0.25, 0.3) is 33.1 Å². The van der Waals surface area contributed by atoms with Gasteiger partial charge in [-0.1, -0.05) is 30.3 Å². The van der Waals surface area contributed by atoms with Crippen LogP contribution in [0.2, 0.25) is 0 Å². The Hall–Kier alpha value is -5.86. The number of imidazole rings is 1. The number of hydrogen-bond acceptors (Lipinski definition) is 8. The van der Waals surface area contributed by atoms with Crippen LogP contribution >= 0.6 is 0 Å². The van der Waals surface area contributed by atoms with E-state index in [1.807, 2.05) is 0 Å². The first kappa shape index (κ1) is 29.2. The molecule has 5 aromatic rings.